The van der Waals surface area contributed by atoms with Crippen LogP contribution in [0, 0.1) is 39.8 Å². The number of aliphatic hydroxyl groups is 1. The quantitative estimate of drug-likeness (QED) is 0.754. The Labute approximate surface area is 162 Å². The number of aromatic nitrogens is 1. The third-order valence-electron chi connectivity index (χ3n) is 4.41. The molecule has 1 aromatic heterocycles. The topological polar surface area (TPSA) is 134 Å². The van der Waals surface area contributed by atoms with Gasteiger partial charge in [-0.15, -0.1) is 0 Å². The van der Waals surface area contributed by atoms with Gasteiger partial charge in [-0.25, -0.2) is 9.37 Å². The van der Waals surface area contributed by atoms with Crippen molar-refractivity contribution in [3.05, 3.63) is 52.3 Å². The number of rotatable bonds is 7. The molecule has 0 fully saturated rings. The number of nitrogens with two attached hydrogens (primary N) is 1. The largest absolute Gasteiger partial charge is 0.395 e. The molecule has 0 radical (unpaired) electrons. The first-order chi connectivity index (χ1) is 13.5. The number of hydrogen-bond donors (Lipinski definition) is 2. The van der Waals surface area contributed by atoms with Gasteiger partial charge in [0.2, 0.25) is 0 Å². The van der Waals surface area contributed by atoms with E-state index in [0.29, 0.717) is 12.1 Å². The third-order valence-corrected chi connectivity index (χ3v) is 4.41. The lowest BCUT2D eigenvalue weighted by molar-refractivity contribution is 0.302. The van der Waals surface area contributed by atoms with Crippen molar-refractivity contribution >= 4 is 11.6 Å². The lowest BCUT2D eigenvalue weighted by atomic mass is 9.87. The molecule has 2 aromatic rings. The van der Waals surface area contributed by atoms with Gasteiger partial charge < -0.3 is 15.7 Å². The summed E-state index contributed by atoms with van der Waals surface area (Å²) in [5.41, 5.74) is 6.34. The number of nitrogen functional groups attached to an aromatic ring is 1. The second kappa shape index (κ2) is 9.32. The Hall–Kier alpha value is -3.67. The van der Waals surface area contributed by atoms with Crippen molar-refractivity contribution in [3.63, 3.8) is 0 Å². The lowest BCUT2D eigenvalue weighted by Crippen LogP contribution is -2.29. The Morgan fingerprint density at radius 1 is 1.21 bits per heavy atom. The molecule has 0 spiro atoms. The predicted octanol–water partition coefficient (Wildman–Crippen LogP) is 2.21. The molecule has 0 saturated heterocycles. The van der Waals surface area contributed by atoms with Gasteiger partial charge in [-0.1, -0.05) is 18.2 Å². The van der Waals surface area contributed by atoms with E-state index in [0.717, 1.165) is 0 Å². The number of hydrogen-bond acceptors (Lipinski definition) is 7. The van der Waals surface area contributed by atoms with Crippen LogP contribution in [0.3, 0.4) is 0 Å². The Balaban J connectivity index is 2.71. The van der Waals surface area contributed by atoms with Gasteiger partial charge in [0.15, 0.2) is 0 Å². The maximum Gasteiger partial charge on any atom is 0.149 e. The molecule has 8 heteroatoms. The molecule has 0 aliphatic rings. The van der Waals surface area contributed by atoms with Gasteiger partial charge in [-0.05, 0) is 25.0 Å². The minimum atomic E-state index is -0.974. The number of anilines is 2. The molecule has 0 unspecified atom stereocenters. The molecule has 2 rings (SSSR count). The molecular formula is C20H19FN6O. The van der Waals surface area contributed by atoms with E-state index in [1.54, 1.807) is 17.0 Å². The van der Waals surface area contributed by atoms with Gasteiger partial charge in [0.1, 0.15) is 40.7 Å². The smallest absolute Gasteiger partial charge is 0.149 e. The van der Waals surface area contributed by atoms with Gasteiger partial charge in [-0.2, -0.15) is 15.8 Å². The number of likely N-dealkylation sites (N-methyl/N-ethyl adjacent to an activating group) is 1. The van der Waals surface area contributed by atoms with Crippen molar-refractivity contribution in [2.75, 3.05) is 30.3 Å². The SMILES string of the molecule is CCN(CCO)c1nc(N)c(C#N)c([C@H](C#N)Cc2ccccc2F)c1C#N. The molecule has 0 saturated carbocycles. The predicted molar refractivity (Wildman–Crippen MR) is 102 cm³/mol. The van der Waals surface area contributed by atoms with Gasteiger partial charge in [0, 0.05) is 18.7 Å². The van der Waals surface area contributed by atoms with Crippen molar-refractivity contribution in [2.45, 2.75) is 19.3 Å². The third kappa shape index (κ3) is 4.01. The van der Waals surface area contributed by atoms with Crippen LogP contribution >= 0.6 is 0 Å². The molecule has 0 aliphatic heterocycles. The van der Waals surface area contributed by atoms with Gasteiger partial charge in [-0.3, -0.25) is 0 Å². The summed E-state index contributed by atoms with van der Waals surface area (Å²) >= 11 is 0. The molecule has 0 amide bonds. The van der Waals surface area contributed by atoms with Crippen LogP contribution in [0.5, 0.6) is 0 Å². The van der Waals surface area contributed by atoms with Crippen LogP contribution in [0.25, 0.3) is 0 Å². The highest BCUT2D eigenvalue weighted by Gasteiger charge is 2.28. The van der Waals surface area contributed by atoms with Crippen LogP contribution in [-0.4, -0.2) is 29.8 Å². The summed E-state index contributed by atoms with van der Waals surface area (Å²) in [5.74, 6) is -1.37. The summed E-state index contributed by atoms with van der Waals surface area (Å²) in [6, 6.07) is 12.0. The van der Waals surface area contributed by atoms with E-state index in [4.69, 9.17) is 5.73 Å². The monoisotopic (exact) mass is 378 g/mol. The van der Waals surface area contributed by atoms with Crippen LogP contribution in [0.4, 0.5) is 16.0 Å². The highest BCUT2D eigenvalue weighted by atomic mass is 19.1. The van der Waals surface area contributed by atoms with E-state index >= 15 is 0 Å². The zero-order valence-electron chi connectivity index (χ0n) is 15.4. The van der Waals surface area contributed by atoms with Gasteiger partial charge >= 0.3 is 0 Å². The fraction of sp³-hybridized carbons (Fsp3) is 0.300. The van der Waals surface area contributed by atoms with Crippen LogP contribution in [-0.2, 0) is 6.42 Å². The van der Waals surface area contributed by atoms with E-state index in [1.165, 1.54) is 12.1 Å². The summed E-state index contributed by atoms with van der Waals surface area (Å²) < 4.78 is 14.1. The van der Waals surface area contributed by atoms with Gasteiger partial charge in [0.25, 0.3) is 0 Å². The summed E-state index contributed by atoms with van der Waals surface area (Å²) in [4.78, 5) is 5.81. The molecule has 1 atom stereocenters. The summed E-state index contributed by atoms with van der Waals surface area (Å²) in [5, 5.41) is 38.4. The van der Waals surface area contributed by atoms with Crippen LogP contribution in [0.2, 0.25) is 0 Å². The summed E-state index contributed by atoms with van der Waals surface area (Å²) in [6.07, 6.45) is -0.0262. The van der Waals surface area contributed by atoms with Gasteiger partial charge in [0.05, 0.1) is 18.6 Å². The van der Waals surface area contributed by atoms with Crippen molar-refractivity contribution in [2.24, 2.45) is 0 Å². The molecule has 3 N–H and O–H groups in total. The first-order valence-corrected chi connectivity index (χ1v) is 8.64. The Bertz CT molecular complexity index is 986. The minimum absolute atomic E-state index is 0.0262. The maximum atomic E-state index is 14.1. The van der Waals surface area contributed by atoms with E-state index < -0.39 is 11.7 Å². The molecule has 28 heavy (non-hydrogen) atoms. The van der Waals surface area contributed by atoms with Crippen LogP contribution < -0.4 is 10.6 Å². The average Bonchev–Trinajstić information content (AvgIpc) is 2.70. The normalized spacial score (nSPS) is 11.1. The number of benzene rings is 1. The fourth-order valence-electron chi connectivity index (χ4n) is 3.04. The molecule has 0 aliphatic carbocycles. The zero-order valence-corrected chi connectivity index (χ0v) is 15.4. The second-order valence-corrected chi connectivity index (χ2v) is 5.99. The number of halogens is 1. The Morgan fingerprint density at radius 2 is 1.89 bits per heavy atom. The highest BCUT2D eigenvalue weighted by molar-refractivity contribution is 5.70. The number of nitrogens with zero attached hydrogens (tertiary/aromatic N) is 5. The van der Waals surface area contributed by atoms with E-state index in [1.807, 2.05) is 19.1 Å². The number of pyridine rings is 1. The minimum Gasteiger partial charge on any atom is -0.395 e. The molecule has 1 aromatic carbocycles. The van der Waals surface area contributed by atoms with Crippen LogP contribution in [0.15, 0.2) is 24.3 Å². The second-order valence-electron chi connectivity index (χ2n) is 5.99. The number of nitriles is 3. The molecule has 142 valence electrons. The summed E-state index contributed by atoms with van der Waals surface area (Å²) in [6.45, 7) is 2.27. The van der Waals surface area contributed by atoms with Crippen molar-refractivity contribution in [3.8, 4) is 18.2 Å². The lowest BCUT2D eigenvalue weighted by Gasteiger charge is -2.25. The van der Waals surface area contributed by atoms with E-state index in [9.17, 15) is 25.3 Å². The van der Waals surface area contributed by atoms with Crippen LogP contribution in [0.1, 0.15) is 35.1 Å². The molecule has 1 heterocycles. The molecule has 0 bridgehead atoms. The first-order valence-electron chi connectivity index (χ1n) is 8.64. The van der Waals surface area contributed by atoms with E-state index in [-0.39, 0.29) is 47.9 Å². The standard InChI is InChI=1S/C20H19FN6O/c1-2-27(7-8-28)20-16(12-24)18(15(11-23)19(25)26-20)14(10-22)9-13-5-3-4-6-17(13)21/h3-6,14,28H,2,7-9H2,1H3,(H2,25,26)/t14-/m0/s1. The zero-order chi connectivity index (χ0) is 20.7. The highest BCUT2D eigenvalue weighted by Crippen LogP contribution is 2.34. The fourth-order valence-corrected chi connectivity index (χ4v) is 3.04. The average molecular weight is 378 g/mol. The molecular weight excluding hydrogens is 359 g/mol. The van der Waals surface area contributed by atoms with Crippen molar-refractivity contribution in [1.82, 2.24) is 4.98 Å². The Morgan fingerprint density at radius 3 is 2.43 bits per heavy atom. The maximum absolute atomic E-state index is 14.1. The van der Waals surface area contributed by atoms with Crippen molar-refractivity contribution in [1.29, 1.82) is 15.8 Å². The molecule has 7 nitrogen and oxygen atoms in total. The number of aliphatic hydroxyl groups excluding tert-OH is 1. The summed E-state index contributed by atoms with van der Waals surface area (Å²) in [7, 11) is 0. The van der Waals surface area contributed by atoms with Crippen molar-refractivity contribution < 1.29 is 9.50 Å². The Kier molecular flexibility index (Phi) is 6.87. The van der Waals surface area contributed by atoms with E-state index in [2.05, 4.69) is 11.1 Å². The first kappa shape index (κ1) is 20.6.